The first kappa shape index (κ1) is 16.1. The number of nitrogens with one attached hydrogen (secondary N) is 1. The van der Waals surface area contributed by atoms with Crippen LogP contribution in [0.5, 0.6) is 0 Å². The molecule has 0 aliphatic rings. The fourth-order valence-electron chi connectivity index (χ4n) is 2.58. The van der Waals surface area contributed by atoms with E-state index in [-0.39, 0.29) is 0 Å². The van der Waals surface area contributed by atoms with Gasteiger partial charge in [-0.2, -0.15) is 0 Å². The van der Waals surface area contributed by atoms with Gasteiger partial charge < -0.3 is 5.32 Å². The maximum absolute atomic E-state index is 6.16. The van der Waals surface area contributed by atoms with Crippen molar-refractivity contribution in [3.8, 4) is 11.4 Å². The van der Waals surface area contributed by atoms with Crippen LogP contribution in [-0.4, -0.2) is 9.97 Å². The number of fused-ring (bicyclic) bond motifs is 1. The van der Waals surface area contributed by atoms with Gasteiger partial charge in [-0.3, -0.25) is 0 Å². The number of hydrogen-bond donors (Lipinski definition) is 1. The van der Waals surface area contributed by atoms with E-state index in [4.69, 9.17) is 16.6 Å². The van der Waals surface area contributed by atoms with Crippen LogP contribution in [0, 0.1) is 0 Å². The zero-order chi connectivity index (χ0) is 17.2. The highest BCUT2D eigenvalue weighted by Crippen LogP contribution is 2.29. The molecule has 0 spiro atoms. The average Bonchev–Trinajstić information content (AvgIpc) is 2.62. The molecule has 1 N–H and O–H groups in total. The summed E-state index contributed by atoms with van der Waals surface area (Å²) in [6.45, 7) is 0. The summed E-state index contributed by atoms with van der Waals surface area (Å²) in [5, 5.41) is 4.96. The Morgan fingerprint density at radius 1 is 0.840 bits per heavy atom. The van der Waals surface area contributed by atoms with Crippen molar-refractivity contribution in [2.45, 2.75) is 0 Å². The van der Waals surface area contributed by atoms with Gasteiger partial charge in [0.25, 0.3) is 0 Å². The summed E-state index contributed by atoms with van der Waals surface area (Å²) in [5.41, 5.74) is 2.72. The minimum Gasteiger partial charge on any atom is -0.340 e. The van der Waals surface area contributed by atoms with Crippen LogP contribution in [0.1, 0.15) is 0 Å². The Morgan fingerprint density at radius 3 is 2.36 bits per heavy atom. The normalized spacial score (nSPS) is 10.8. The number of benzene rings is 3. The highest BCUT2D eigenvalue weighted by atomic mass is 79.9. The third-order valence-corrected chi connectivity index (χ3v) is 4.56. The van der Waals surface area contributed by atoms with Gasteiger partial charge in [-0.25, -0.2) is 9.97 Å². The first-order valence-electron chi connectivity index (χ1n) is 7.74. The van der Waals surface area contributed by atoms with E-state index in [1.54, 1.807) is 0 Å². The summed E-state index contributed by atoms with van der Waals surface area (Å²) >= 11 is 9.62. The Bertz CT molecular complexity index is 1030. The molecule has 0 fully saturated rings. The van der Waals surface area contributed by atoms with E-state index in [2.05, 4.69) is 26.2 Å². The van der Waals surface area contributed by atoms with Gasteiger partial charge in [0, 0.05) is 26.1 Å². The summed E-state index contributed by atoms with van der Waals surface area (Å²) in [6, 6.07) is 23.5. The molecule has 1 heterocycles. The molecule has 3 nitrogen and oxygen atoms in total. The van der Waals surface area contributed by atoms with E-state index >= 15 is 0 Å². The lowest BCUT2D eigenvalue weighted by atomic mass is 10.2. The largest absolute Gasteiger partial charge is 0.340 e. The Kier molecular flexibility index (Phi) is 4.38. The van der Waals surface area contributed by atoms with Gasteiger partial charge in [0.2, 0.25) is 0 Å². The van der Waals surface area contributed by atoms with Gasteiger partial charge >= 0.3 is 0 Å². The molecule has 0 saturated carbocycles. The predicted molar refractivity (Wildman–Crippen MR) is 107 cm³/mol. The molecule has 0 atom stereocenters. The molecule has 0 radical (unpaired) electrons. The van der Waals surface area contributed by atoms with Gasteiger partial charge in [0.15, 0.2) is 5.82 Å². The van der Waals surface area contributed by atoms with Crippen LogP contribution in [0.2, 0.25) is 5.02 Å². The Balaban J connectivity index is 1.88. The number of hydrogen-bond acceptors (Lipinski definition) is 3. The lowest BCUT2D eigenvalue weighted by molar-refractivity contribution is 1.22. The van der Waals surface area contributed by atoms with Crippen LogP contribution < -0.4 is 5.32 Å². The molecule has 25 heavy (non-hydrogen) atoms. The number of halogens is 2. The van der Waals surface area contributed by atoms with E-state index in [9.17, 15) is 0 Å². The van der Waals surface area contributed by atoms with E-state index in [1.165, 1.54) is 0 Å². The lowest BCUT2D eigenvalue weighted by Gasteiger charge is -2.11. The monoisotopic (exact) mass is 409 g/mol. The van der Waals surface area contributed by atoms with Crippen molar-refractivity contribution in [1.29, 1.82) is 0 Å². The number of para-hydroxylation sites is 1. The van der Waals surface area contributed by atoms with Crippen molar-refractivity contribution in [2.24, 2.45) is 0 Å². The van der Waals surface area contributed by atoms with E-state index < -0.39 is 0 Å². The van der Waals surface area contributed by atoms with Gasteiger partial charge in [-0.15, -0.1) is 0 Å². The fraction of sp³-hybridized carbons (Fsp3) is 0. The summed E-state index contributed by atoms with van der Waals surface area (Å²) in [7, 11) is 0. The number of anilines is 2. The minimum absolute atomic E-state index is 0.651. The maximum Gasteiger partial charge on any atom is 0.162 e. The molecule has 1 aromatic heterocycles. The standard InChI is InChI=1S/C20H13BrClN3/c21-14-8-6-13(7-9-14)19-24-18-12-15(22)10-11-17(18)20(25-19)23-16-4-2-1-3-5-16/h1-12H,(H,23,24,25). The van der Waals surface area contributed by atoms with Crippen LogP contribution in [0.25, 0.3) is 22.3 Å². The third kappa shape index (κ3) is 3.50. The molecule has 0 amide bonds. The molecule has 3 aromatic carbocycles. The quantitative estimate of drug-likeness (QED) is 0.421. The second kappa shape index (κ2) is 6.82. The van der Waals surface area contributed by atoms with Gasteiger partial charge in [-0.1, -0.05) is 57.9 Å². The number of aromatic nitrogens is 2. The van der Waals surface area contributed by atoms with Gasteiger partial charge in [0.05, 0.1) is 5.52 Å². The van der Waals surface area contributed by atoms with Crippen LogP contribution in [0.15, 0.2) is 77.3 Å². The second-order valence-electron chi connectivity index (χ2n) is 5.56. The summed E-state index contributed by atoms with van der Waals surface area (Å²) in [5.74, 6) is 1.41. The molecular formula is C20H13BrClN3. The topological polar surface area (TPSA) is 37.8 Å². The molecule has 122 valence electrons. The highest BCUT2D eigenvalue weighted by molar-refractivity contribution is 9.10. The van der Waals surface area contributed by atoms with Crippen LogP contribution in [0.4, 0.5) is 11.5 Å². The van der Waals surface area contributed by atoms with Gasteiger partial charge in [0.1, 0.15) is 5.82 Å². The molecule has 5 heteroatoms. The lowest BCUT2D eigenvalue weighted by Crippen LogP contribution is -1.99. The van der Waals surface area contributed by atoms with Crippen LogP contribution in [-0.2, 0) is 0 Å². The van der Waals surface area contributed by atoms with Crippen molar-refractivity contribution in [3.05, 3.63) is 82.3 Å². The zero-order valence-corrected chi connectivity index (χ0v) is 15.4. The average molecular weight is 411 g/mol. The molecule has 0 bridgehead atoms. The van der Waals surface area contributed by atoms with Crippen molar-refractivity contribution < 1.29 is 0 Å². The Morgan fingerprint density at radius 2 is 1.60 bits per heavy atom. The van der Waals surface area contributed by atoms with E-state index in [0.717, 1.165) is 32.4 Å². The SMILES string of the molecule is Clc1ccc2c(Nc3ccccc3)nc(-c3ccc(Br)cc3)nc2c1. The smallest absolute Gasteiger partial charge is 0.162 e. The van der Waals surface area contributed by atoms with Gasteiger partial charge in [-0.05, 0) is 42.5 Å². The molecule has 0 unspecified atom stereocenters. The molecule has 4 rings (SSSR count). The molecule has 0 aliphatic carbocycles. The third-order valence-electron chi connectivity index (χ3n) is 3.80. The van der Waals surface area contributed by atoms with Crippen molar-refractivity contribution in [1.82, 2.24) is 9.97 Å². The molecule has 0 aliphatic heterocycles. The van der Waals surface area contributed by atoms with Crippen molar-refractivity contribution in [2.75, 3.05) is 5.32 Å². The second-order valence-corrected chi connectivity index (χ2v) is 6.91. The number of nitrogens with zero attached hydrogens (tertiary/aromatic N) is 2. The molecular weight excluding hydrogens is 398 g/mol. The molecule has 0 saturated heterocycles. The van der Waals surface area contributed by atoms with Crippen molar-refractivity contribution in [3.63, 3.8) is 0 Å². The van der Waals surface area contributed by atoms with Crippen molar-refractivity contribution >= 4 is 49.9 Å². The predicted octanol–water partition coefficient (Wildman–Crippen LogP) is 6.46. The first-order chi connectivity index (χ1) is 12.2. The van der Waals surface area contributed by atoms with E-state index in [0.29, 0.717) is 10.8 Å². The maximum atomic E-state index is 6.16. The Labute approximate surface area is 158 Å². The highest BCUT2D eigenvalue weighted by Gasteiger charge is 2.10. The summed E-state index contributed by atoms with van der Waals surface area (Å²) < 4.78 is 1.02. The first-order valence-corrected chi connectivity index (χ1v) is 8.91. The number of rotatable bonds is 3. The van der Waals surface area contributed by atoms with E-state index in [1.807, 2.05) is 72.8 Å². The van der Waals surface area contributed by atoms with Crippen LogP contribution in [0.3, 0.4) is 0 Å². The minimum atomic E-state index is 0.651. The zero-order valence-electron chi connectivity index (χ0n) is 13.1. The summed E-state index contributed by atoms with van der Waals surface area (Å²) in [6.07, 6.45) is 0. The van der Waals surface area contributed by atoms with Crippen LogP contribution >= 0.6 is 27.5 Å². The Hall–Kier alpha value is -2.43. The molecule has 4 aromatic rings. The fourth-order valence-corrected chi connectivity index (χ4v) is 3.01. The summed E-state index contributed by atoms with van der Waals surface area (Å²) in [4.78, 5) is 9.43.